The molecule has 0 spiro atoms. The number of nitrogens with one attached hydrogen (secondary N) is 1. The Balaban J connectivity index is 1.79. The smallest absolute Gasteiger partial charge is 0.223 e. The Bertz CT molecular complexity index is 290. The second-order valence-corrected chi connectivity index (χ2v) is 6.23. The minimum atomic E-state index is 0.293. The van der Waals surface area contributed by atoms with E-state index in [1.807, 2.05) is 0 Å². The molecule has 0 aromatic carbocycles. The van der Waals surface area contributed by atoms with Gasteiger partial charge in [0.15, 0.2) is 0 Å². The van der Waals surface area contributed by atoms with Gasteiger partial charge in [0.2, 0.25) is 5.91 Å². The van der Waals surface area contributed by atoms with E-state index >= 15 is 0 Å². The topological polar surface area (TPSA) is 29.1 Å². The molecular weight excluding hydrogens is 234 g/mol. The lowest BCUT2D eigenvalue weighted by Gasteiger charge is -2.24. The fraction of sp³-hybridized carbons (Fsp3) is 0.824. The predicted octanol–water partition coefficient (Wildman–Crippen LogP) is 4.35. The largest absolute Gasteiger partial charge is 0.353 e. The number of allylic oxidation sites excluding steroid dienone is 2. The van der Waals surface area contributed by atoms with Crippen molar-refractivity contribution < 1.29 is 4.79 Å². The van der Waals surface area contributed by atoms with E-state index in [0.29, 0.717) is 17.9 Å². The molecule has 1 unspecified atom stereocenters. The van der Waals surface area contributed by atoms with Gasteiger partial charge in [-0.15, -0.1) is 0 Å². The summed E-state index contributed by atoms with van der Waals surface area (Å²) >= 11 is 0. The zero-order valence-electron chi connectivity index (χ0n) is 12.2. The molecule has 0 bridgehead atoms. The van der Waals surface area contributed by atoms with Crippen molar-refractivity contribution >= 4 is 5.91 Å². The maximum atomic E-state index is 12.4. The van der Waals surface area contributed by atoms with Crippen molar-refractivity contribution in [3.8, 4) is 0 Å². The average Bonchev–Trinajstić information content (AvgIpc) is 2.31. The summed E-state index contributed by atoms with van der Waals surface area (Å²) < 4.78 is 0. The summed E-state index contributed by atoms with van der Waals surface area (Å²) in [5, 5.41) is 3.33. The van der Waals surface area contributed by atoms with E-state index < -0.39 is 0 Å². The molecule has 2 aliphatic carbocycles. The van der Waals surface area contributed by atoms with Crippen LogP contribution < -0.4 is 5.32 Å². The molecule has 2 heteroatoms. The Morgan fingerprint density at radius 1 is 0.789 bits per heavy atom. The van der Waals surface area contributed by atoms with E-state index in [-0.39, 0.29) is 0 Å². The first-order valence-electron chi connectivity index (χ1n) is 8.31. The highest BCUT2D eigenvalue weighted by molar-refractivity contribution is 5.78. The summed E-state index contributed by atoms with van der Waals surface area (Å²) in [4.78, 5) is 12.4. The van der Waals surface area contributed by atoms with Crippen LogP contribution in [0.5, 0.6) is 0 Å². The number of amides is 1. The van der Waals surface area contributed by atoms with Crippen molar-refractivity contribution in [2.75, 3.05) is 0 Å². The van der Waals surface area contributed by atoms with Crippen LogP contribution in [0.3, 0.4) is 0 Å². The number of carbonyl (C=O) groups excluding carboxylic acids is 1. The third-order valence-corrected chi connectivity index (χ3v) is 4.59. The van der Waals surface area contributed by atoms with Crippen LogP contribution in [0.1, 0.15) is 77.0 Å². The van der Waals surface area contributed by atoms with E-state index in [1.165, 1.54) is 44.9 Å². The van der Waals surface area contributed by atoms with Crippen LogP contribution in [0, 0.1) is 5.92 Å². The van der Waals surface area contributed by atoms with Crippen LogP contribution in [-0.2, 0) is 4.79 Å². The number of carbonyl (C=O) groups is 1. The average molecular weight is 263 g/mol. The van der Waals surface area contributed by atoms with Gasteiger partial charge in [0, 0.05) is 12.0 Å². The molecule has 2 rings (SSSR count). The highest BCUT2D eigenvalue weighted by Gasteiger charge is 2.21. The third-order valence-electron chi connectivity index (χ3n) is 4.59. The van der Waals surface area contributed by atoms with Gasteiger partial charge in [0.1, 0.15) is 0 Å². The molecule has 1 fully saturated rings. The van der Waals surface area contributed by atoms with Gasteiger partial charge in [-0.05, 0) is 44.9 Å². The number of rotatable bonds is 2. The molecule has 2 aliphatic rings. The summed E-state index contributed by atoms with van der Waals surface area (Å²) in [5.74, 6) is 0.637. The van der Waals surface area contributed by atoms with E-state index in [0.717, 1.165) is 32.1 Å². The number of hydrogen-bond acceptors (Lipinski definition) is 1. The first-order chi connectivity index (χ1) is 9.36. The van der Waals surface area contributed by atoms with Crippen molar-refractivity contribution in [1.29, 1.82) is 0 Å². The Morgan fingerprint density at radius 3 is 2.26 bits per heavy atom. The minimum Gasteiger partial charge on any atom is -0.353 e. The van der Waals surface area contributed by atoms with Gasteiger partial charge in [0.25, 0.3) is 0 Å². The summed E-state index contributed by atoms with van der Waals surface area (Å²) in [7, 11) is 0. The van der Waals surface area contributed by atoms with Crippen LogP contribution in [0.25, 0.3) is 0 Å². The van der Waals surface area contributed by atoms with Gasteiger partial charge in [-0.1, -0.05) is 44.3 Å². The minimum absolute atomic E-state index is 0.293. The molecule has 2 nitrogen and oxygen atoms in total. The first kappa shape index (κ1) is 14.6. The van der Waals surface area contributed by atoms with E-state index in [1.54, 1.807) is 0 Å². The molecule has 108 valence electrons. The van der Waals surface area contributed by atoms with Crippen molar-refractivity contribution in [2.45, 2.75) is 83.1 Å². The van der Waals surface area contributed by atoms with Gasteiger partial charge in [-0.3, -0.25) is 4.79 Å². The van der Waals surface area contributed by atoms with Crippen LogP contribution in [-0.4, -0.2) is 11.9 Å². The standard InChI is InChI=1S/C17H29NO/c19-17(15-11-7-3-1-4-8-12-15)18-16-13-9-5-2-6-10-14-16/h2,5,15-16H,1,3-4,6-14H2,(H,18,19)/b5-2-. The molecule has 1 N–H and O–H groups in total. The van der Waals surface area contributed by atoms with Crippen LogP contribution in [0.15, 0.2) is 12.2 Å². The molecule has 0 aliphatic heterocycles. The summed E-state index contributed by atoms with van der Waals surface area (Å²) in [6, 6.07) is 0.419. The normalized spacial score (nSPS) is 28.5. The Labute approximate surface area is 118 Å². The SMILES string of the molecule is O=C(NC1CC/C=C\CCC1)C1CCCCCCC1. The Kier molecular flexibility index (Phi) is 6.46. The highest BCUT2D eigenvalue weighted by Crippen LogP contribution is 2.23. The van der Waals surface area contributed by atoms with Gasteiger partial charge in [-0.25, -0.2) is 0 Å². The van der Waals surface area contributed by atoms with E-state index in [4.69, 9.17) is 0 Å². The third kappa shape index (κ3) is 5.38. The van der Waals surface area contributed by atoms with Crippen molar-refractivity contribution in [3.63, 3.8) is 0 Å². The molecule has 1 atom stereocenters. The summed E-state index contributed by atoms with van der Waals surface area (Å²) in [5.41, 5.74) is 0. The summed E-state index contributed by atoms with van der Waals surface area (Å²) in [6.45, 7) is 0. The van der Waals surface area contributed by atoms with E-state index in [2.05, 4.69) is 17.5 Å². The van der Waals surface area contributed by atoms with Gasteiger partial charge in [-0.2, -0.15) is 0 Å². The van der Waals surface area contributed by atoms with Gasteiger partial charge < -0.3 is 5.32 Å². The second kappa shape index (κ2) is 8.39. The van der Waals surface area contributed by atoms with Gasteiger partial charge in [0.05, 0.1) is 0 Å². The quantitative estimate of drug-likeness (QED) is 0.737. The Morgan fingerprint density at radius 2 is 1.47 bits per heavy atom. The Hall–Kier alpha value is -0.790. The van der Waals surface area contributed by atoms with Crippen molar-refractivity contribution in [3.05, 3.63) is 12.2 Å². The lowest BCUT2D eigenvalue weighted by molar-refractivity contribution is -0.126. The van der Waals surface area contributed by atoms with Crippen LogP contribution in [0.4, 0.5) is 0 Å². The first-order valence-corrected chi connectivity index (χ1v) is 8.31. The lowest BCUT2D eigenvalue weighted by Crippen LogP contribution is -2.39. The molecule has 1 saturated carbocycles. The van der Waals surface area contributed by atoms with Gasteiger partial charge >= 0.3 is 0 Å². The molecule has 0 aromatic rings. The fourth-order valence-corrected chi connectivity index (χ4v) is 3.34. The molecule has 0 heterocycles. The number of hydrogen-bond donors (Lipinski definition) is 1. The fourth-order valence-electron chi connectivity index (χ4n) is 3.34. The monoisotopic (exact) mass is 263 g/mol. The van der Waals surface area contributed by atoms with Crippen molar-refractivity contribution in [2.24, 2.45) is 5.92 Å². The molecule has 1 amide bonds. The molecule has 0 aromatic heterocycles. The van der Waals surface area contributed by atoms with Crippen LogP contribution >= 0.6 is 0 Å². The summed E-state index contributed by atoms with van der Waals surface area (Å²) in [6.07, 6.45) is 19.0. The predicted molar refractivity (Wildman–Crippen MR) is 80.0 cm³/mol. The highest BCUT2D eigenvalue weighted by atomic mass is 16.1. The molecule has 0 saturated heterocycles. The molecule has 0 radical (unpaired) electrons. The lowest BCUT2D eigenvalue weighted by atomic mass is 9.90. The van der Waals surface area contributed by atoms with E-state index in [9.17, 15) is 4.79 Å². The zero-order chi connectivity index (χ0) is 13.3. The maximum Gasteiger partial charge on any atom is 0.223 e. The molecule has 19 heavy (non-hydrogen) atoms. The van der Waals surface area contributed by atoms with Crippen LogP contribution in [0.2, 0.25) is 0 Å². The molecular formula is C17H29NO. The zero-order valence-corrected chi connectivity index (χ0v) is 12.2. The second-order valence-electron chi connectivity index (χ2n) is 6.23. The van der Waals surface area contributed by atoms with Crippen molar-refractivity contribution in [1.82, 2.24) is 5.32 Å². The maximum absolute atomic E-state index is 12.4.